The molecule has 0 fully saturated rings. The summed E-state index contributed by atoms with van der Waals surface area (Å²) in [4.78, 5) is 49.2. The molecule has 0 bridgehead atoms. The van der Waals surface area contributed by atoms with E-state index in [2.05, 4.69) is 20.1 Å². The van der Waals surface area contributed by atoms with Gasteiger partial charge in [0.15, 0.2) is 11.4 Å². The molecule has 0 amide bonds. The normalized spacial score (nSPS) is 15.8. The molecule has 3 heterocycles. The van der Waals surface area contributed by atoms with E-state index >= 15 is 0 Å². The van der Waals surface area contributed by atoms with Gasteiger partial charge in [0.05, 0.1) is 12.5 Å². The van der Waals surface area contributed by atoms with Crippen LogP contribution in [0.2, 0.25) is 0 Å². The number of Topliss-reactive ketones (excluding diaryl/α,β-unsaturated/α-hetero) is 1. The zero-order valence-electron chi connectivity index (χ0n) is 16.9. The average molecular weight is 417 g/mol. The van der Waals surface area contributed by atoms with Crippen molar-refractivity contribution in [3.05, 3.63) is 79.6 Å². The van der Waals surface area contributed by atoms with E-state index in [0.717, 1.165) is 10.2 Å². The lowest BCUT2D eigenvalue weighted by Gasteiger charge is -2.25. The fourth-order valence-electron chi connectivity index (χ4n) is 4.28. The van der Waals surface area contributed by atoms with Crippen molar-refractivity contribution in [3.8, 4) is 11.7 Å². The third-order valence-electron chi connectivity index (χ3n) is 5.65. The van der Waals surface area contributed by atoms with E-state index in [1.54, 1.807) is 14.0 Å². The van der Waals surface area contributed by atoms with Crippen molar-refractivity contribution in [2.24, 2.45) is 0 Å². The van der Waals surface area contributed by atoms with Crippen molar-refractivity contribution in [1.82, 2.24) is 24.7 Å². The molecule has 0 saturated heterocycles. The predicted molar refractivity (Wildman–Crippen MR) is 113 cm³/mol. The molecule has 0 radical (unpaired) electrons. The van der Waals surface area contributed by atoms with E-state index in [0.29, 0.717) is 46.4 Å². The summed E-state index contributed by atoms with van der Waals surface area (Å²) in [6, 6.07) is 8.93. The standard InChI is InChI=1S/C22H19N5O4/c1-11-7-18(29)25-22(24-11)27-21(30)19-14-8-12(13-5-3-4-6-17(13)31-2)9-16(28)15(14)10-23-20(19)26-27/h3-7,10,12H,8-9H2,1-2H3,(H,23,26)(H,24,25,29). The number of hydrogen-bond donors (Lipinski definition) is 2. The number of carbonyl (C=O) groups is 1. The van der Waals surface area contributed by atoms with E-state index < -0.39 is 5.56 Å². The highest BCUT2D eigenvalue weighted by Crippen LogP contribution is 2.38. The molecule has 31 heavy (non-hydrogen) atoms. The Hall–Kier alpha value is -4.01. The summed E-state index contributed by atoms with van der Waals surface area (Å²) in [5.41, 5.74) is 2.05. The maximum Gasteiger partial charge on any atom is 0.283 e. The number of carbonyl (C=O) groups excluding carboxylic acids is 1. The molecule has 5 rings (SSSR count). The Bertz CT molecular complexity index is 1460. The molecule has 156 valence electrons. The molecule has 1 atom stereocenters. The number of benzene rings is 1. The minimum Gasteiger partial charge on any atom is -0.496 e. The van der Waals surface area contributed by atoms with Crippen molar-refractivity contribution >= 4 is 16.8 Å². The van der Waals surface area contributed by atoms with Gasteiger partial charge < -0.3 is 4.74 Å². The van der Waals surface area contributed by atoms with E-state index in [4.69, 9.17) is 4.74 Å². The fraction of sp³-hybridized carbons (Fsp3) is 0.227. The van der Waals surface area contributed by atoms with Crippen LogP contribution >= 0.6 is 0 Å². The van der Waals surface area contributed by atoms with Crippen molar-refractivity contribution in [3.63, 3.8) is 0 Å². The number of fused-ring (bicyclic) bond motifs is 3. The molecule has 9 heteroatoms. The van der Waals surface area contributed by atoms with Gasteiger partial charge in [0.25, 0.3) is 11.1 Å². The molecule has 4 aromatic rings. The Labute approximate surface area is 175 Å². The molecule has 1 unspecified atom stereocenters. The van der Waals surface area contributed by atoms with E-state index in [1.807, 2.05) is 24.3 Å². The van der Waals surface area contributed by atoms with E-state index in [9.17, 15) is 14.4 Å². The SMILES string of the molecule is COc1ccccc1C1CC(=O)c2cnc3[nH]n(-c4nc(C)cc(=O)[nH]4)c(=O)c3c2C1. The zero-order valence-corrected chi connectivity index (χ0v) is 16.9. The number of aryl methyl sites for hydroxylation is 1. The molecule has 0 saturated carbocycles. The highest BCUT2D eigenvalue weighted by Gasteiger charge is 2.31. The van der Waals surface area contributed by atoms with Gasteiger partial charge in [-0.15, -0.1) is 0 Å². The third-order valence-corrected chi connectivity index (χ3v) is 5.65. The Morgan fingerprint density at radius 1 is 1.16 bits per heavy atom. The van der Waals surface area contributed by atoms with Crippen molar-refractivity contribution in [2.75, 3.05) is 7.11 Å². The van der Waals surface area contributed by atoms with Gasteiger partial charge in [-0.05, 0) is 36.5 Å². The average Bonchev–Trinajstić information content (AvgIpc) is 3.10. The summed E-state index contributed by atoms with van der Waals surface area (Å²) >= 11 is 0. The van der Waals surface area contributed by atoms with Crippen LogP contribution in [0.5, 0.6) is 5.75 Å². The largest absolute Gasteiger partial charge is 0.496 e. The summed E-state index contributed by atoms with van der Waals surface area (Å²) in [5.74, 6) is 0.592. The molecule has 0 aliphatic heterocycles. The molecule has 0 spiro atoms. The van der Waals surface area contributed by atoms with Crippen LogP contribution in [-0.2, 0) is 6.42 Å². The van der Waals surface area contributed by atoms with Gasteiger partial charge in [-0.25, -0.2) is 9.97 Å². The quantitative estimate of drug-likeness (QED) is 0.526. The monoisotopic (exact) mass is 417 g/mol. The molecular weight excluding hydrogens is 398 g/mol. The second kappa shape index (κ2) is 7.05. The second-order valence-electron chi connectivity index (χ2n) is 7.61. The van der Waals surface area contributed by atoms with Crippen LogP contribution in [0, 0.1) is 6.92 Å². The van der Waals surface area contributed by atoms with Gasteiger partial charge in [-0.2, -0.15) is 4.68 Å². The number of rotatable bonds is 3. The summed E-state index contributed by atoms with van der Waals surface area (Å²) in [5, 5.41) is 3.23. The van der Waals surface area contributed by atoms with Crippen LogP contribution in [0.4, 0.5) is 0 Å². The lowest BCUT2D eigenvalue weighted by Crippen LogP contribution is -2.24. The van der Waals surface area contributed by atoms with Crippen LogP contribution in [0.15, 0.2) is 46.1 Å². The van der Waals surface area contributed by atoms with Gasteiger partial charge in [0.2, 0.25) is 5.95 Å². The summed E-state index contributed by atoms with van der Waals surface area (Å²) in [7, 11) is 1.60. The summed E-state index contributed by atoms with van der Waals surface area (Å²) in [6.45, 7) is 1.67. The molecule has 1 aliphatic carbocycles. The number of aromatic amines is 2. The number of nitrogens with zero attached hydrogens (tertiary/aromatic N) is 3. The number of H-pyrrole nitrogens is 2. The zero-order chi connectivity index (χ0) is 21.7. The topological polar surface area (TPSA) is 123 Å². The number of methoxy groups -OCH3 is 1. The molecule has 3 aromatic heterocycles. The number of aromatic nitrogens is 5. The number of ketones is 1. The number of pyridine rings is 1. The van der Waals surface area contributed by atoms with Crippen LogP contribution in [0.3, 0.4) is 0 Å². The lowest BCUT2D eigenvalue weighted by atomic mass is 9.79. The molecule has 1 aromatic carbocycles. The van der Waals surface area contributed by atoms with Gasteiger partial charge in [0.1, 0.15) is 5.75 Å². The molecule has 2 N–H and O–H groups in total. The Morgan fingerprint density at radius 2 is 1.97 bits per heavy atom. The van der Waals surface area contributed by atoms with Crippen LogP contribution < -0.4 is 15.9 Å². The summed E-state index contributed by atoms with van der Waals surface area (Å²) in [6.07, 6.45) is 2.31. The number of nitrogens with one attached hydrogen (secondary N) is 2. The summed E-state index contributed by atoms with van der Waals surface area (Å²) < 4.78 is 6.64. The first-order valence-corrected chi connectivity index (χ1v) is 9.83. The maximum atomic E-state index is 13.3. The van der Waals surface area contributed by atoms with Crippen molar-refractivity contribution in [2.45, 2.75) is 25.7 Å². The molecule has 1 aliphatic rings. The van der Waals surface area contributed by atoms with E-state index in [-0.39, 0.29) is 23.2 Å². The molecule has 9 nitrogen and oxygen atoms in total. The van der Waals surface area contributed by atoms with Crippen LogP contribution in [0.1, 0.15) is 39.5 Å². The van der Waals surface area contributed by atoms with Crippen LogP contribution in [0.25, 0.3) is 17.0 Å². The fourth-order valence-corrected chi connectivity index (χ4v) is 4.28. The van der Waals surface area contributed by atoms with Crippen molar-refractivity contribution in [1.29, 1.82) is 0 Å². The Balaban J connectivity index is 1.69. The highest BCUT2D eigenvalue weighted by atomic mass is 16.5. The minimum atomic E-state index is -0.415. The Kier molecular flexibility index (Phi) is 4.32. The first kappa shape index (κ1) is 19.0. The van der Waals surface area contributed by atoms with Gasteiger partial charge in [-0.3, -0.25) is 24.5 Å². The van der Waals surface area contributed by atoms with Crippen LogP contribution in [-0.4, -0.2) is 37.6 Å². The minimum absolute atomic E-state index is 0.0687. The number of ether oxygens (including phenoxy) is 1. The second-order valence-corrected chi connectivity index (χ2v) is 7.61. The van der Waals surface area contributed by atoms with Crippen molar-refractivity contribution < 1.29 is 9.53 Å². The number of para-hydroxylation sites is 1. The number of hydrogen-bond acceptors (Lipinski definition) is 6. The van der Waals surface area contributed by atoms with E-state index in [1.165, 1.54) is 12.3 Å². The third kappa shape index (κ3) is 3.05. The first-order valence-electron chi connectivity index (χ1n) is 9.83. The Morgan fingerprint density at radius 3 is 2.74 bits per heavy atom. The van der Waals surface area contributed by atoms with Gasteiger partial charge in [-0.1, -0.05) is 18.2 Å². The smallest absolute Gasteiger partial charge is 0.283 e. The van der Waals surface area contributed by atoms with Gasteiger partial charge >= 0.3 is 0 Å². The van der Waals surface area contributed by atoms with Gasteiger partial charge in [0, 0.05) is 29.9 Å². The predicted octanol–water partition coefficient (Wildman–Crippen LogP) is 2.03. The lowest BCUT2D eigenvalue weighted by molar-refractivity contribution is 0.0964. The maximum absolute atomic E-state index is 13.3. The highest BCUT2D eigenvalue weighted by molar-refractivity contribution is 6.02. The first-order chi connectivity index (χ1) is 15.0. The molecular formula is C22H19N5O4.